The van der Waals surface area contributed by atoms with E-state index in [4.69, 9.17) is 0 Å². The van der Waals surface area contributed by atoms with Gasteiger partial charge in [0.2, 0.25) is 5.91 Å². The SMILES string of the molecule is CC1(c2ccccc2)NC(=O)N(CC(=O)NCCCC2CCCC2)C1=O. The van der Waals surface area contributed by atoms with E-state index in [0.717, 1.165) is 23.7 Å². The Balaban J connectivity index is 1.50. The molecule has 1 aliphatic carbocycles. The van der Waals surface area contributed by atoms with E-state index >= 15 is 0 Å². The van der Waals surface area contributed by atoms with Crippen molar-refractivity contribution in [3.63, 3.8) is 0 Å². The van der Waals surface area contributed by atoms with Crippen molar-refractivity contribution in [3.05, 3.63) is 35.9 Å². The number of hydrogen-bond donors (Lipinski definition) is 2. The van der Waals surface area contributed by atoms with E-state index in [1.165, 1.54) is 25.7 Å². The Morgan fingerprint density at radius 1 is 1.23 bits per heavy atom. The Morgan fingerprint density at radius 3 is 2.62 bits per heavy atom. The van der Waals surface area contributed by atoms with Crippen LogP contribution in [0.4, 0.5) is 4.79 Å². The third kappa shape index (κ3) is 3.89. The van der Waals surface area contributed by atoms with Crippen LogP contribution in [0.25, 0.3) is 0 Å². The molecule has 6 heteroatoms. The van der Waals surface area contributed by atoms with Gasteiger partial charge in [-0.05, 0) is 31.2 Å². The van der Waals surface area contributed by atoms with Crippen LogP contribution in [0.1, 0.15) is 51.0 Å². The minimum absolute atomic E-state index is 0.240. The number of rotatable bonds is 7. The van der Waals surface area contributed by atoms with E-state index in [0.29, 0.717) is 12.1 Å². The average molecular weight is 357 g/mol. The lowest BCUT2D eigenvalue weighted by atomic mass is 9.92. The standard InChI is InChI=1S/C20H27N3O3/c1-20(16-11-3-2-4-12-16)18(25)23(19(26)22-20)14-17(24)21-13-7-10-15-8-5-6-9-15/h2-4,11-12,15H,5-10,13-14H2,1H3,(H,21,24)(H,22,26). The highest BCUT2D eigenvalue weighted by Crippen LogP contribution is 2.29. The first kappa shape index (κ1) is 18.4. The maximum absolute atomic E-state index is 12.7. The third-order valence-electron chi connectivity index (χ3n) is 5.51. The van der Waals surface area contributed by atoms with Crippen molar-refractivity contribution in [1.82, 2.24) is 15.5 Å². The predicted octanol–water partition coefficient (Wildman–Crippen LogP) is 2.54. The van der Waals surface area contributed by atoms with E-state index in [-0.39, 0.29) is 12.5 Å². The quantitative estimate of drug-likeness (QED) is 0.581. The summed E-state index contributed by atoms with van der Waals surface area (Å²) in [6, 6.07) is 8.56. The number of urea groups is 1. The number of benzene rings is 1. The molecule has 26 heavy (non-hydrogen) atoms. The number of amides is 4. The molecule has 1 aliphatic heterocycles. The van der Waals surface area contributed by atoms with E-state index < -0.39 is 17.5 Å². The molecule has 0 aromatic heterocycles. The van der Waals surface area contributed by atoms with E-state index in [9.17, 15) is 14.4 Å². The summed E-state index contributed by atoms with van der Waals surface area (Å²) in [5.74, 6) is 0.108. The Labute approximate surface area is 154 Å². The van der Waals surface area contributed by atoms with Crippen LogP contribution in [0.15, 0.2) is 30.3 Å². The zero-order chi connectivity index (χ0) is 18.6. The zero-order valence-electron chi connectivity index (χ0n) is 15.3. The lowest BCUT2D eigenvalue weighted by Crippen LogP contribution is -2.43. The number of hydrogen-bond acceptors (Lipinski definition) is 3. The van der Waals surface area contributed by atoms with Gasteiger partial charge in [-0.15, -0.1) is 0 Å². The molecule has 1 unspecified atom stereocenters. The van der Waals surface area contributed by atoms with Crippen LogP contribution in [0.5, 0.6) is 0 Å². The van der Waals surface area contributed by atoms with Crippen molar-refractivity contribution in [2.24, 2.45) is 5.92 Å². The van der Waals surface area contributed by atoms with E-state index in [1.807, 2.05) is 18.2 Å². The second kappa shape index (κ2) is 7.89. The molecule has 1 aromatic carbocycles. The summed E-state index contributed by atoms with van der Waals surface area (Å²) in [6.07, 6.45) is 7.32. The van der Waals surface area contributed by atoms with Crippen molar-refractivity contribution in [3.8, 4) is 0 Å². The summed E-state index contributed by atoms with van der Waals surface area (Å²) >= 11 is 0. The van der Waals surface area contributed by atoms with Crippen LogP contribution < -0.4 is 10.6 Å². The van der Waals surface area contributed by atoms with Crippen LogP contribution >= 0.6 is 0 Å². The number of carbonyl (C=O) groups is 3. The largest absolute Gasteiger partial charge is 0.355 e. The Bertz CT molecular complexity index is 670. The highest BCUT2D eigenvalue weighted by Gasteiger charge is 2.49. The molecular weight excluding hydrogens is 330 g/mol. The van der Waals surface area contributed by atoms with Gasteiger partial charge in [0.25, 0.3) is 5.91 Å². The highest BCUT2D eigenvalue weighted by molar-refractivity contribution is 6.09. The molecule has 1 aromatic rings. The molecule has 1 saturated carbocycles. The summed E-state index contributed by atoms with van der Waals surface area (Å²) in [7, 11) is 0. The number of nitrogens with one attached hydrogen (secondary N) is 2. The Morgan fingerprint density at radius 2 is 1.92 bits per heavy atom. The van der Waals surface area contributed by atoms with Crippen molar-refractivity contribution in [2.45, 2.75) is 51.0 Å². The lowest BCUT2D eigenvalue weighted by Gasteiger charge is -2.22. The number of carbonyl (C=O) groups excluding carboxylic acids is 3. The summed E-state index contributed by atoms with van der Waals surface area (Å²) in [5, 5.41) is 5.54. The fourth-order valence-corrected chi connectivity index (χ4v) is 3.92. The molecular formula is C20H27N3O3. The van der Waals surface area contributed by atoms with Crippen LogP contribution in [0, 0.1) is 5.92 Å². The number of imide groups is 1. The monoisotopic (exact) mass is 357 g/mol. The van der Waals surface area contributed by atoms with Gasteiger partial charge in [0.05, 0.1) is 0 Å². The van der Waals surface area contributed by atoms with Gasteiger partial charge in [-0.1, -0.05) is 56.0 Å². The maximum atomic E-state index is 12.7. The van der Waals surface area contributed by atoms with Gasteiger partial charge in [-0.2, -0.15) is 0 Å². The summed E-state index contributed by atoms with van der Waals surface area (Å²) in [4.78, 5) is 38.1. The van der Waals surface area contributed by atoms with E-state index in [2.05, 4.69) is 10.6 Å². The summed E-state index contributed by atoms with van der Waals surface area (Å²) in [6.45, 7) is 2.02. The molecule has 3 rings (SSSR count). The number of nitrogens with zero attached hydrogens (tertiary/aromatic N) is 1. The summed E-state index contributed by atoms with van der Waals surface area (Å²) < 4.78 is 0. The fourth-order valence-electron chi connectivity index (χ4n) is 3.92. The molecule has 1 atom stereocenters. The van der Waals surface area contributed by atoms with Crippen molar-refractivity contribution in [1.29, 1.82) is 0 Å². The molecule has 140 valence electrons. The van der Waals surface area contributed by atoms with Gasteiger partial charge < -0.3 is 10.6 Å². The van der Waals surface area contributed by atoms with Crippen molar-refractivity contribution in [2.75, 3.05) is 13.1 Å². The summed E-state index contributed by atoms with van der Waals surface area (Å²) in [5.41, 5.74) is -0.418. The fraction of sp³-hybridized carbons (Fsp3) is 0.550. The smallest absolute Gasteiger partial charge is 0.325 e. The third-order valence-corrected chi connectivity index (χ3v) is 5.51. The van der Waals surface area contributed by atoms with Crippen molar-refractivity contribution < 1.29 is 14.4 Å². The van der Waals surface area contributed by atoms with Crippen LogP contribution in [0.3, 0.4) is 0 Å². The first-order valence-corrected chi connectivity index (χ1v) is 9.47. The van der Waals surface area contributed by atoms with Gasteiger partial charge >= 0.3 is 6.03 Å². The first-order chi connectivity index (χ1) is 12.5. The average Bonchev–Trinajstić information content (AvgIpc) is 3.23. The molecule has 0 spiro atoms. The minimum Gasteiger partial charge on any atom is -0.355 e. The first-order valence-electron chi connectivity index (χ1n) is 9.47. The molecule has 1 saturated heterocycles. The van der Waals surface area contributed by atoms with E-state index in [1.54, 1.807) is 19.1 Å². The van der Waals surface area contributed by atoms with Gasteiger partial charge in [0, 0.05) is 6.54 Å². The molecule has 0 radical (unpaired) electrons. The second-order valence-corrected chi connectivity index (χ2v) is 7.46. The molecule has 1 heterocycles. The molecule has 6 nitrogen and oxygen atoms in total. The predicted molar refractivity (Wildman–Crippen MR) is 98.2 cm³/mol. The second-order valence-electron chi connectivity index (χ2n) is 7.46. The Hall–Kier alpha value is -2.37. The molecule has 0 bridgehead atoms. The van der Waals surface area contributed by atoms with Crippen LogP contribution in [-0.4, -0.2) is 35.8 Å². The maximum Gasteiger partial charge on any atom is 0.325 e. The van der Waals surface area contributed by atoms with Gasteiger partial charge in [0.1, 0.15) is 12.1 Å². The van der Waals surface area contributed by atoms with Gasteiger partial charge in [-0.3, -0.25) is 14.5 Å². The molecule has 4 amide bonds. The molecule has 2 fully saturated rings. The highest BCUT2D eigenvalue weighted by atomic mass is 16.2. The topological polar surface area (TPSA) is 78.5 Å². The zero-order valence-corrected chi connectivity index (χ0v) is 15.3. The normalized spacial score (nSPS) is 23.3. The van der Waals surface area contributed by atoms with Gasteiger partial charge in [-0.25, -0.2) is 4.79 Å². The van der Waals surface area contributed by atoms with Crippen LogP contribution in [0.2, 0.25) is 0 Å². The van der Waals surface area contributed by atoms with Crippen molar-refractivity contribution >= 4 is 17.8 Å². The lowest BCUT2D eigenvalue weighted by molar-refractivity contribution is -0.134. The molecule has 2 aliphatic rings. The minimum atomic E-state index is -1.12. The molecule has 2 N–H and O–H groups in total. The van der Waals surface area contributed by atoms with Gasteiger partial charge in [0.15, 0.2) is 0 Å². The Kier molecular flexibility index (Phi) is 5.59. The van der Waals surface area contributed by atoms with Crippen LogP contribution in [-0.2, 0) is 15.1 Å².